The van der Waals surface area contributed by atoms with Gasteiger partial charge >= 0.3 is 0 Å². The Balaban J connectivity index is 1.66. The van der Waals surface area contributed by atoms with Crippen LogP contribution in [0.2, 0.25) is 0 Å². The molecule has 1 aromatic heterocycles. The monoisotopic (exact) mass is 400 g/mol. The number of rotatable bonds is 3. The third kappa shape index (κ3) is 2.63. The molecule has 5 rings (SSSR count). The van der Waals surface area contributed by atoms with Gasteiger partial charge in [0.05, 0.1) is 16.1 Å². The van der Waals surface area contributed by atoms with Crippen LogP contribution in [-0.4, -0.2) is 18.5 Å². The molecule has 0 radical (unpaired) electrons. The molecular weight excluding hydrogens is 386 g/mol. The van der Waals surface area contributed by atoms with Gasteiger partial charge in [-0.15, -0.1) is 0 Å². The van der Waals surface area contributed by atoms with Crippen LogP contribution in [0.25, 0.3) is 16.5 Å². The zero-order valence-electron chi connectivity index (χ0n) is 14.4. The average molecular weight is 400 g/mol. The van der Waals surface area contributed by atoms with E-state index in [9.17, 15) is 22.3 Å². The van der Waals surface area contributed by atoms with Gasteiger partial charge in [-0.25, -0.2) is 17.2 Å². The van der Waals surface area contributed by atoms with Crippen molar-refractivity contribution in [3.8, 4) is 5.75 Å². The summed E-state index contributed by atoms with van der Waals surface area (Å²) >= 11 is 0. The van der Waals surface area contributed by atoms with Crippen molar-refractivity contribution in [2.75, 3.05) is 5.32 Å². The molecule has 2 aliphatic rings. The first kappa shape index (κ1) is 17.1. The van der Waals surface area contributed by atoms with Crippen LogP contribution in [0.3, 0.4) is 0 Å². The van der Waals surface area contributed by atoms with Crippen molar-refractivity contribution >= 4 is 37.7 Å². The number of hydrogen-bond acceptors (Lipinski definition) is 5. The van der Waals surface area contributed by atoms with E-state index < -0.39 is 27.2 Å². The fourth-order valence-corrected chi connectivity index (χ4v) is 5.07. The molecule has 3 aromatic rings. The van der Waals surface area contributed by atoms with Crippen molar-refractivity contribution in [2.24, 2.45) is 5.92 Å². The Hall–Kier alpha value is -3.00. The maximum Gasteiger partial charge on any atom is 0.200 e. The molecule has 142 valence electrons. The smallest absolute Gasteiger partial charge is 0.200 e. The van der Waals surface area contributed by atoms with E-state index in [0.29, 0.717) is 28.2 Å². The van der Waals surface area contributed by atoms with Crippen molar-refractivity contribution in [2.45, 2.75) is 17.7 Å². The van der Waals surface area contributed by atoms with Crippen molar-refractivity contribution in [3.63, 3.8) is 0 Å². The van der Waals surface area contributed by atoms with Gasteiger partial charge < -0.3 is 10.4 Å². The van der Waals surface area contributed by atoms with E-state index in [-0.39, 0.29) is 16.5 Å². The molecule has 2 aromatic carbocycles. The van der Waals surface area contributed by atoms with Gasteiger partial charge in [-0.05, 0) is 48.1 Å². The number of fused-ring (bicyclic) bond motifs is 2. The summed E-state index contributed by atoms with van der Waals surface area (Å²) in [6.45, 7) is 0. The lowest BCUT2D eigenvalue weighted by Gasteiger charge is -2.13. The fraction of sp³-hybridized carbons (Fsp3) is 0.150. The lowest BCUT2D eigenvalue weighted by atomic mass is 10.0. The Bertz CT molecular complexity index is 1300. The maximum absolute atomic E-state index is 14.1. The number of halogens is 2. The fourth-order valence-electron chi connectivity index (χ4n) is 3.53. The van der Waals surface area contributed by atoms with E-state index >= 15 is 0 Å². The minimum Gasteiger partial charge on any atom is -0.505 e. The number of sulfone groups is 1. The van der Waals surface area contributed by atoms with Crippen molar-refractivity contribution in [1.29, 1.82) is 0 Å². The highest BCUT2D eigenvalue weighted by Gasteiger charge is 2.36. The summed E-state index contributed by atoms with van der Waals surface area (Å²) in [6, 6.07) is 6.35. The number of hydrogen-bond donors (Lipinski definition) is 2. The highest BCUT2D eigenvalue weighted by atomic mass is 32.2. The Morgan fingerprint density at radius 2 is 1.86 bits per heavy atom. The highest BCUT2D eigenvalue weighted by molar-refractivity contribution is 7.95. The van der Waals surface area contributed by atoms with E-state index in [1.165, 1.54) is 17.7 Å². The molecule has 2 heterocycles. The van der Waals surface area contributed by atoms with E-state index in [1.807, 2.05) is 0 Å². The lowest BCUT2D eigenvalue weighted by Crippen LogP contribution is -1.99. The second-order valence-electron chi connectivity index (χ2n) is 7.02. The first-order valence-electron chi connectivity index (χ1n) is 8.68. The van der Waals surface area contributed by atoms with E-state index in [1.54, 1.807) is 12.1 Å². The molecule has 0 atom stereocenters. The second kappa shape index (κ2) is 5.75. The molecule has 0 spiro atoms. The van der Waals surface area contributed by atoms with Gasteiger partial charge in [-0.3, -0.25) is 4.98 Å². The minimum absolute atomic E-state index is 0.133. The van der Waals surface area contributed by atoms with Crippen LogP contribution in [0.15, 0.2) is 46.8 Å². The standard InChI is InChI=1S/C20H14F2N2O3S/c21-14-7-15(22)19(25)8-18(14)24-16-3-4-23-17-5-11-13(10-1-2-10)9-28(26,27)20(11)6-12(16)17/h3-10,25H,1-2H2,(H,23,24). The number of aromatic hydroxyl groups is 1. The lowest BCUT2D eigenvalue weighted by molar-refractivity contribution is 0.428. The Morgan fingerprint density at radius 3 is 2.61 bits per heavy atom. The number of phenols is 1. The SMILES string of the molecule is O=S1(=O)C=C(C2CC2)c2cc3nccc(Nc4cc(O)c(F)cc4F)c3cc21. The molecule has 1 fully saturated rings. The highest BCUT2D eigenvalue weighted by Crippen LogP contribution is 2.49. The van der Waals surface area contributed by atoms with Gasteiger partial charge in [0.2, 0.25) is 9.84 Å². The van der Waals surface area contributed by atoms with Crippen LogP contribution in [0, 0.1) is 17.6 Å². The van der Waals surface area contributed by atoms with Gasteiger partial charge in [-0.2, -0.15) is 0 Å². The normalized spacial score (nSPS) is 17.4. The van der Waals surface area contributed by atoms with Crippen LogP contribution in [0.1, 0.15) is 18.4 Å². The zero-order valence-corrected chi connectivity index (χ0v) is 15.2. The topological polar surface area (TPSA) is 79.3 Å². The number of allylic oxidation sites excluding steroid dienone is 1. The molecule has 0 amide bonds. The van der Waals surface area contributed by atoms with Gasteiger partial charge in [0.25, 0.3) is 0 Å². The van der Waals surface area contributed by atoms with Gasteiger partial charge in [0.15, 0.2) is 11.6 Å². The summed E-state index contributed by atoms with van der Waals surface area (Å²) in [5.74, 6) is -2.37. The molecule has 5 nitrogen and oxygen atoms in total. The van der Waals surface area contributed by atoms with Crippen molar-refractivity contribution in [3.05, 3.63) is 59.1 Å². The summed E-state index contributed by atoms with van der Waals surface area (Å²) in [6.07, 6.45) is 3.46. The molecule has 0 bridgehead atoms. The first-order chi connectivity index (χ1) is 13.3. The third-order valence-corrected chi connectivity index (χ3v) is 6.58. The summed E-state index contributed by atoms with van der Waals surface area (Å²) in [5.41, 5.74) is 2.32. The van der Waals surface area contributed by atoms with Crippen molar-refractivity contribution < 1.29 is 22.3 Å². The average Bonchev–Trinajstić information content (AvgIpc) is 3.45. The molecule has 0 unspecified atom stereocenters. The molecule has 0 saturated heterocycles. The van der Waals surface area contributed by atoms with Crippen molar-refractivity contribution in [1.82, 2.24) is 4.98 Å². The number of nitrogens with one attached hydrogen (secondary N) is 1. The predicted octanol–water partition coefficient (Wildman–Crippen LogP) is 4.50. The quantitative estimate of drug-likeness (QED) is 0.677. The van der Waals surface area contributed by atoms with Crippen LogP contribution in [0.4, 0.5) is 20.2 Å². The first-order valence-corrected chi connectivity index (χ1v) is 10.2. The van der Waals surface area contributed by atoms with Crippen LogP contribution in [0.5, 0.6) is 5.75 Å². The number of anilines is 2. The van der Waals surface area contributed by atoms with Crippen LogP contribution < -0.4 is 5.32 Å². The van der Waals surface area contributed by atoms with E-state index in [2.05, 4.69) is 10.3 Å². The molecule has 1 saturated carbocycles. The Labute approximate surface area is 159 Å². The zero-order chi connectivity index (χ0) is 19.6. The summed E-state index contributed by atoms with van der Waals surface area (Å²) in [7, 11) is -3.54. The van der Waals surface area contributed by atoms with Gasteiger partial charge in [-0.1, -0.05) is 0 Å². The maximum atomic E-state index is 14.1. The molecule has 28 heavy (non-hydrogen) atoms. The molecule has 1 aliphatic heterocycles. The second-order valence-corrected chi connectivity index (χ2v) is 8.79. The minimum atomic E-state index is -3.54. The number of pyridine rings is 1. The number of phenolic OH excluding ortho intramolecular Hbond substituents is 1. The van der Waals surface area contributed by atoms with Crippen LogP contribution in [-0.2, 0) is 9.84 Å². The third-order valence-electron chi connectivity index (χ3n) is 5.07. The Morgan fingerprint density at radius 1 is 1.07 bits per heavy atom. The van der Waals surface area contributed by atoms with Gasteiger partial charge in [0.1, 0.15) is 5.82 Å². The van der Waals surface area contributed by atoms with E-state index in [4.69, 9.17) is 0 Å². The number of aromatic nitrogens is 1. The van der Waals surface area contributed by atoms with Gasteiger partial charge in [0, 0.05) is 34.8 Å². The summed E-state index contributed by atoms with van der Waals surface area (Å²) < 4.78 is 52.6. The van der Waals surface area contributed by atoms with Crippen LogP contribution >= 0.6 is 0 Å². The number of nitrogens with zero attached hydrogens (tertiary/aromatic N) is 1. The summed E-state index contributed by atoms with van der Waals surface area (Å²) in [4.78, 5) is 4.52. The van der Waals surface area contributed by atoms with E-state index in [0.717, 1.165) is 24.5 Å². The molecule has 2 N–H and O–H groups in total. The Kier molecular flexibility index (Phi) is 3.51. The number of benzene rings is 2. The summed E-state index contributed by atoms with van der Waals surface area (Å²) in [5, 5.41) is 14.1. The predicted molar refractivity (Wildman–Crippen MR) is 101 cm³/mol. The largest absolute Gasteiger partial charge is 0.505 e. The molecular formula is C20H14F2N2O3S. The molecule has 8 heteroatoms. The molecule has 1 aliphatic carbocycles.